The molecule has 0 aliphatic carbocycles. The predicted octanol–water partition coefficient (Wildman–Crippen LogP) is 5.03. The summed E-state index contributed by atoms with van der Waals surface area (Å²) < 4.78 is 0. The molecule has 0 spiro atoms. The fourth-order valence-electron chi connectivity index (χ4n) is 4.60. The molecule has 0 bridgehead atoms. The molecule has 3 aromatic rings. The van der Waals surface area contributed by atoms with E-state index in [2.05, 4.69) is 33.0 Å². The molecular weight excluding hydrogens is 462 g/mol. The standard InChI is InChI=1S/C30H37N5O2/c1-2-31-30(37)35-20-10-19-34(21-22-35)28-17-16-25(23-27(28)33-26-14-7-4-8-15-26)29(36)32-18-9-13-24-11-5-3-6-12-24/h3-8,11-12,14-17,23,33H,2,9-10,13,18-22H2,1H3,(H,31,37)(H,32,36). The minimum absolute atomic E-state index is 0.00809. The molecule has 3 aromatic carbocycles. The van der Waals surface area contributed by atoms with Crippen molar-refractivity contribution in [1.82, 2.24) is 15.5 Å². The Morgan fingerprint density at radius 2 is 1.59 bits per heavy atom. The molecule has 1 saturated heterocycles. The number of carbonyl (C=O) groups excluding carboxylic acids is 2. The van der Waals surface area contributed by atoms with Crippen molar-refractivity contribution in [1.29, 1.82) is 0 Å². The van der Waals surface area contributed by atoms with E-state index in [0.29, 0.717) is 25.2 Å². The summed E-state index contributed by atoms with van der Waals surface area (Å²) in [5, 5.41) is 9.49. The highest BCUT2D eigenvalue weighted by atomic mass is 16.2. The number of amides is 3. The lowest BCUT2D eigenvalue weighted by atomic mass is 10.1. The Bertz CT molecular complexity index is 1150. The number of nitrogens with one attached hydrogen (secondary N) is 3. The van der Waals surface area contributed by atoms with E-state index in [9.17, 15) is 9.59 Å². The van der Waals surface area contributed by atoms with Crippen LogP contribution in [0.4, 0.5) is 21.9 Å². The highest BCUT2D eigenvalue weighted by Crippen LogP contribution is 2.31. The first-order valence-corrected chi connectivity index (χ1v) is 13.2. The Balaban J connectivity index is 1.46. The normalized spacial score (nSPS) is 13.5. The highest BCUT2D eigenvalue weighted by molar-refractivity contribution is 5.96. The Labute approximate surface area is 219 Å². The van der Waals surface area contributed by atoms with E-state index in [1.165, 1.54) is 5.56 Å². The molecule has 0 radical (unpaired) electrons. The molecule has 1 aliphatic heterocycles. The quantitative estimate of drug-likeness (QED) is 0.361. The Kier molecular flexibility index (Phi) is 9.41. The average molecular weight is 500 g/mol. The zero-order chi connectivity index (χ0) is 25.9. The van der Waals surface area contributed by atoms with E-state index < -0.39 is 0 Å². The van der Waals surface area contributed by atoms with Crippen LogP contribution in [0.3, 0.4) is 0 Å². The van der Waals surface area contributed by atoms with Crippen LogP contribution in [0.2, 0.25) is 0 Å². The van der Waals surface area contributed by atoms with E-state index in [4.69, 9.17) is 0 Å². The van der Waals surface area contributed by atoms with Crippen molar-refractivity contribution in [2.24, 2.45) is 0 Å². The third-order valence-electron chi connectivity index (χ3n) is 6.53. The van der Waals surface area contributed by atoms with Gasteiger partial charge in [0.2, 0.25) is 0 Å². The molecule has 1 heterocycles. The summed E-state index contributed by atoms with van der Waals surface area (Å²) in [6, 6.07) is 26.1. The van der Waals surface area contributed by atoms with Gasteiger partial charge in [-0.2, -0.15) is 0 Å². The summed E-state index contributed by atoms with van der Waals surface area (Å²) in [6.07, 6.45) is 2.70. The van der Waals surface area contributed by atoms with Crippen LogP contribution in [0.1, 0.15) is 35.7 Å². The number of hydrogen-bond acceptors (Lipinski definition) is 4. The monoisotopic (exact) mass is 499 g/mol. The average Bonchev–Trinajstić information content (AvgIpc) is 3.19. The predicted molar refractivity (Wildman–Crippen MR) is 151 cm³/mol. The fourth-order valence-corrected chi connectivity index (χ4v) is 4.60. The molecule has 7 heteroatoms. The number of para-hydroxylation sites is 1. The largest absolute Gasteiger partial charge is 0.368 e. The van der Waals surface area contributed by atoms with Crippen molar-refractivity contribution in [3.63, 3.8) is 0 Å². The topological polar surface area (TPSA) is 76.7 Å². The lowest BCUT2D eigenvalue weighted by Gasteiger charge is -2.27. The molecule has 194 valence electrons. The SMILES string of the molecule is CCNC(=O)N1CCCN(c2ccc(C(=O)NCCCc3ccccc3)cc2Nc2ccccc2)CC1. The molecule has 0 aromatic heterocycles. The van der Waals surface area contributed by atoms with Gasteiger partial charge in [-0.25, -0.2) is 4.79 Å². The van der Waals surface area contributed by atoms with E-state index in [1.54, 1.807) is 0 Å². The minimum Gasteiger partial charge on any atom is -0.368 e. The molecular formula is C30H37N5O2. The van der Waals surface area contributed by atoms with Gasteiger partial charge in [0, 0.05) is 50.5 Å². The van der Waals surface area contributed by atoms with Gasteiger partial charge in [0.1, 0.15) is 0 Å². The van der Waals surface area contributed by atoms with Gasteiger partial charge < -0.3 is 25.8 Å². The van der Waals surface area contributed by atoms with Crippen LogP contribution in [0.15, 0.2) is 78.9 Å². The first-order valence-electron chi connectivity index (χ1n) is 13.2. The lowest BCUT2D eigenvalue weighted by molar-refractivity contribution is 0.0953. The number of urea groups is 1. The maximum atomic E-state index is 13.0. The highest BCUT2D eigenvalue weighted by Gasteiger charge is 2.21. The summed E-state index contributed by atoms with van der Waals surface area (Å²) in [4.78, 5) is 29.5. The second-order valence-electron chi connectivity index (χ2n) is 9.23. The van der Waals surface area contributed by atoms with Gasteiger partial charge in [-0.05, 0) is 62.1 Å². The van der Waals surface area contributed by atoms with Crippen LogP contribution >= 0.6 is 0 Å². The molecule has 1 fully saturated rings. The number of anilines is 3. The maximum Gasteiger partial charge on any atom is 0.317 e. The van der Waals surface area contributed by atoms with Gasteiger partial charge in [-0.1, -0.05) is 48.5 Å². The molecule has 3 amide bonds. The number of benzene rings is 3. The minimum atomic E-state index is -0.0750. The molecule has 4 rings (SSSR count). The van der Waals surface area contributed by atoms with Gasteiger partial charge >= 0.3 is 6.03 Å². The second-order valence-corrected chi connectivity index (χ2v) is 9.23. The van der Waals surface area contributed by atoms with Crippen molar-refractivity contribution in [2.45, 2.75) is 26.2 Å². The summed E-state index contributed by atoms with van der Waals surface area (Å²) in [7, 11) is 0. The smallest absolute Gasteiger partial charge is 0.317 e. The molecule has 0 saturated carbocycles. The number of carbonyl (C=O) groups is 2. The van der Waals surface area contributed by atoms with Crippen LogP contribution in [0, 0.1) is 0 Å². The van der Waals surface area contributed by atoms with Crippen molar-refractivity contribution in [3.8, 4) is 0 Å². The number of hydrogen-bond donors (Lipinski definition) is 3. The van der Waals surface area contributed by atoms with Gasteiger partial charge in [0.25, 0.3) is 5.91 Å². The van der Waals surface area contributed by atoms with Gasteiger partial charge in [-0.15, -0.1) is 0 Å². The van der Waals surface area contributed by atoms with Crippen molar-refractivity contribution in [2.75, 3.05) is 49.5 Å². The molecule has 0 atom stereocenters. The summed E-state index contributed by atoms with van der Waals surface area (Å²) in [6.45, 7) is 6.13. The van der Waals surface area contributed by atoms with Gasteiger partial charge in [0.05, 0.1) is 11.4 Å². The van der Waals surface area contributed by atoms with Crippen molar-refractivity contribution in [3.05, 3.63) is 90.0 Å². The maximum absolute atomic E-state index is 13.0. The summed E-state index contributed by atoms with van der Waals surface area (Å²) in [5.41, 5.74) is 4.78. The third-order valence-corrected chi connectivity index (χ3v) is 6.53. The van der Waals surface area contributed by atoms with Crippen LogP contribution < -0.4 is 20.9 Å². The third kappa shape index (κ3) is 7.49. The summed E-state index contributed by atoms with van der Waals surface area (Å²) in [5.74, 6) is -0.0750. The number of aryl methyl sites for hydroxylation is 1. The van der Waals surface area contributed by atoms with Gasteiger partial charge in [-0.3, -0.25) is 4.79 Å². The molecule has 37 heavy (non-hydrogen) atoms. The Morgan fingerprint density at radius 1 is 0.838 bits per heavy atom. The van der Waals surface area contributed by atoms with E-state index >= 15 is 0 Å². The van der Waals surface area contributed by atoms with Crippen molar-refractivity contribution < 1.29 is 9.59 Å². The lowest BCUT2D eigenvalue weighted by Crippen LogP contribution is -2.42. The number of rotatable bonds is 9. The van der Waals surface area contributed by atoms with Crippen LogP contribution in [-0.4, -0.2) is 56.1 Å². The summed E-state index contributed by atoms with van der Waals surface area (Å²) >= 11 is 0. The molecule has 7 nitrogen and oxygen atoms in total. The van der Waals surface area contributed by atoms with E-state index in [1.807, 2.05) is 78.6 Å². The first-order chi connectivity index (χ1) is 18.1. The zero-order valence-electron chi connectivity index (χ0n) is 21.6. The second kappa shape index (κ2) is 13.3. The molecule has 0 unspecified atom stereocenters. The van der Waals surface area contributed by atoms with E-state index in [-0.39, 0.29) is 11.9 Å². The molecule has 1 aliphatic rings. The first kappa shape index (κ1) is 26.1. The van der Waals surface area contributed by atoms with Crippen LogP contribution in [0.5, 0.6) is 0 Å². The van der Waals surface area contributed by atoms with Crippen molar-refractivity contribution >= 4 is 29.0 Å². The Hall–Kier alpha value is -4.00. The Morgan fingerprint density at radius 3 is 2.35 bits per heavy atom. The van der Waals surface area contributed by atoms with E-state index in [0.717, 1.165) is 56.0 Å². The van der Waals surface area contributed by atoms with Gasteiger partial charge in [0.15, 0.2) is 0 Å². The number of nitrogens with zero attached hydrogens (tertiary/aromatic N) is 2. The molecule has 3 N–H and O–H groups in total. The van der Waals surface area contributed by atoms with Crippen LogP contribution in [-0.2, 0) is 6.42 Å². The van der Waals surface area contributed by atoms with Crippen LogP contribution in [0.25, 0.3) is 0 Å². The fraction of sp³-hybridized carbons (Fsp3) is 0.333. The zero-order valence-corrected chi connectivity index (χ0v) is 21.6.